The number of rotatable bonds is 3. The highest BCUT2D eigenvalue weighted by Gasteiger charge is 2.20. The fourth-order valence-electron chi connectivity index (χ4n) is 2.93. The van der Waals surface area contributed by atoms with Gasteiger partial charge in [0.2, 0.25) is 5.91 Å². The molecule has 1 aliphatic rings. The van der Waals surface area contributed by atoms with E-state index in [0.29, 0.717) is 13.1 Å². The molecular formula is C18H19N3O. The lowest BCUT2D eigenvalue weighted by atomic mass is 10.1. The maximum absolute atomic E-state index is 11.7. The average molecular weight is 293 g/mol. The summed E-state index contributed by atoms with van der Waals surface area (Å²) in [6.07, 6.45) is -0.00925. The minimum Gasteiger partial charge on any atom is -0.339 e. The Morgan fingerprint density at radius 1 is 1.05 bits per heavy atom. The molecule has 1 heterocycles. The molecule has 1 amide bonds. The summed E-state index contributed by atoms with van der Waals surface area (Å²) >= 11 is 0. The van der Waals surface area contributed by atoms with Crippen molar-refractivity contribution >= 4 is 16.7 Å². The van der Waals surface area contributed by atoms with Crippen LogP contribution in [0.1, 0.15) is 12.0 Å². The molecule has 112 valence electrons. The molecule has 1 saturated heterocycles. The van der Waals surface area contributed by atoms with Crippen LogP contribution in [0.2, 0.25) is 0 Å². The first-order valence-corrected chi connectivity index (χ1v) is 7.61. The van der Waals surface area contributed by atoms with Crippen LogP contribution in [0.3, 0.4) is 0 Å². The van der Waals surface area contributed by atoms with Crippen molar-refractivity contribution in [3.63, 3.8) is 0 Å². The minimum atomic E-state index is -0.0483. The van der Waals surface area contributed by atoms with Gasteiger partial charge in [-0.1, -0.05) is 36.4 Å². The Kier molecular flexibility index (Phi) is 4.36. The summed E-state index contributed by atoms with van der Waals surface area (Å²) in [5, 5.41) is 11.1. The van der Waals surface area contributed by atoms with E-state index >= 15 is 0 Å². The van der Waals surface area contributed by atoms with Gasteiger partial charge in [-0.05, 0) is 22.4 Å². The van der Waals surface area contributed by atoms with Crippen LogP contribution in [0.15, 0.2) is 42.5 Å². The van der Waals surface area contributed by atoms with E-state index in [0.717, 1.165) is 19.6 Å². The van der Waals surface area contributed by atoms with Crippen LogP contribution in [-0.4, -0.2) is 41.9 Å². The van der Waals surface area contributed by atoms with Crippen LogP contribution in [0.4, 0.5) is 0 Å². The van der Waals surface area contributed by atoms with E-state index in [9.17, 15) is 4.79 Å². The molecule has 0 aromatic heterocycles. The third-order valence-electron chi connectivity index (χ3n) is 4.18. The zero-order valence-corrected chi connectivity index (χ0v) is 12.5. The molecule has 0 N–H and O–H groups in total. The molecule has 4 heteroatoms. The summed E-state index contributed by atoms with van der Waals surface area (Å²) in [6.45, 7) is 4.07. The van der Waals surface area contributed by atoms with Crippen LogP contribution in [0.25, 0.3) is 10.8 Å². The Labute approximate surface area is 130 Å². The number of nitriles is 1. The maximum Gasteiger partial charge on any atom is 0.236 e. The SMILES string of the molecule is N#CCC(=O)N1CCN(Cc2ccc3ccccc3c2)CC1. The standard InChI is InChI=1S/C18H19N3O/c19-8-7-18(22)21-11-9-20(10-12-21)14-15-5-6-16-3-1-2-4-17(16)13-15/h1-6,13H,7,9-12,14H2. The van der Waals surface area contributed by atoms with E-state index in [1.54, 1.807) is 4.90 Å². The molecule has 0 radical (unpaired) electrons. The average Bonchev–Trinajstić information content (AvgIpc) is 2.56. The topological polar surface area (TPSA) is 47.3 Å². The lowest BCUT2D eigenvalue weighted by Crippen LogP contribution is -2.48. The van der Waals surface area contributed by atoms with Crippen molar-refractivity contribution in [2.75, 3.05) is 26.2 Å². The highest BCUT2D eigenvalue weighted by atomic mass is 16.2. The molecule has 4 nitrogen and oxygen atoms in total. The minimum absolute atomic E-state index is 0.00925. The molecule has 0 spiro atoms. The second-order valence-corrected chi connectivity index (χ2v) is 5.67. The van der Waals surface area contributed by atoms with Gasteiger partial charge >= 0.3 is 0 Å². The summed E-state index contributed by atoms with van der Waals surface area (Å²) in [4.78, 5) is 15.8. The van der Waals surface area contributed by atoms with Gasteiger partial charge in [0, 0.05) is 32.7 Å². The number of benzene rings is 2. The van der Waals surface area contributed by atoms with Crippen LogP contribution < -0.4 is 0 Å². The van der Waals surface area contributed by atoms with E-state index < -0.39 is 0 Å². The molecule has 3 rings (SSSR count). The van der Waals surface area contributed by atoms with E-state index in [1.807, 2.05) is 6.07 Å². The normalized spacial score (nSPS) is 15.7. The van der Waals surface area contributed by atoms with E-state index in [2.05, 4.69) is 47.4 Å². The van der Waals surface area contributed by atoms with Crippen molar-refractivity contribution in [3.05, 3.63) is 48.0 Å². The van der Waals surface area contributed by atoms with Gasteiger partial charge in [0.15, 0.2) is 0 Å². The van der Waals surface area contributed by atoms with Crippen LogP contribution >= 0.6 is 0 Å². The van der Waals surface area contributed by atoms with Crippen molar-refractivity contribution in [1.29, 1.82) is 5.26 Å². The predicted octanol–water partition coefficient (Wildman–Crippen LogP) is 2.40. The van der Waals surface area contributed by atoms with Crippen molar-refractivity contribution in [2.45, 2.75) is 13.0 Å². The van der Waals surface area contributed by atoms with Crippen LogP contribution in [-0.2, 0) is 11.3 Å². The predicted molar refractivity (Wildman–Crippen MR) is 86.0 cm³/mol. The van der Waals surface area contributed by atoms with Gasteiger partial charge in [-0.15, -0.1) is 0 Å². The van der Waals surface area contributed by atoms with E-state index in [4.69, 9.17) is 5.26 Å². The number of amides is 1. The number of hydrogen-bond donors (Lipinski definition) is 0. The molecule has 0 bridgehead atoms. The molecule has 22 heavy (non-hydrogen) atoms. The molecule has 1 fully saturated rings. The van der Waals surface area contributed by atoms with Gasteiger partial charge in [-0.3, -0.25) is 9.69 Å². The number of carbonyl (C=O) groups is 1. The first kappa shape index (κ1) is 14.6. The van der Waals surface area contributed by atoms with Gasteiger partial charge < -0.3 is 4.90 Å². The molecule has 0 unspecified atom stereocenters. The number of fused-ring (bicyclic) bond motifs is 1. The summed E-state index contributed by atoms with van der Waals surface area (Å²) in [5.41, 5.74) is 1.30. The molecule has 0 aliphatic carbocycles. The molecule has 2 aromatic carbocycles. The Bertz CT molecular complexity index is 712. The summed E-state index contributed by atoms with van der Waals surface area (Å²) in [7, 11) is 0. The van der Waals surface area contributed by atoms with Crippen molar-refractivity contribution in [3.8, 4) is 6.07 Å². The monoisotopic (exact) mass is 293 g/mol. The molecule has 2 aromatic rings. The highest BCUT2D eigenvalue weighted by Crippen LogP contribution is 2.17. The number of nitrogens with zero attached hydrogens (tertiary/aromatic N) is 3. The van der Waals surface area contributed by atoms with Gasteiger partial charge in [0.25, 0.3) is 0 Å². The third-order valence-corrected chi connectivity index (χ3v) is 4.18. The van der Waals surface area contributed by atoms with Crippen molar-refractivity contribution in [2.24, 2.45) is 0 Å². The first-order valence-electron chi connectivity index (χ1n) is 7.61. The van der Waals surface area contributed by atoms with Crippen LogP contribution in [0.5, 0.6) is 0 Å². The second kappa shape index (κ2) is 6.59. The Morgan fingerprint density at radius 2 is 1.77 bits per heavy atom. The van der Waals surface area contributed by atoms with Gasteiger partial charge in [0.05, 0.1) is 6.07 Å². The number of carbonyl (C=O) groups excluding carboxylic acids is 1. The van der Waals surface area contributed by atoms with Crippen molar-refractivity contribution < 1.29 is 4.79 Å². The van der Waals surface area contributed by atoms with Gasteiger partial charge in [0.1, 0.15) is 6.42 Å². The van der Waals surface area contributed by atoms with Crippen molar-refractivity contribution in [1.82, 2.24) is 9.80 Å². The maximum atomic E-state index is 11.7. The first-order chi connectivity index (χ1) is 10.8. The second-order valence-electron chi connectivity index (χ2n) is 5.67. The summed E-state index contributed by atoms with van der Waals surface area (Å²) < 4.78 is 0. The Morgan fingerprint density at radius 3 is 2.50 bits per heavy atom. The summed E-state index contributed by atoms with van der Waals surface area (Å²) in [6, 6.07) is 16.9. The third kappa shape index (κ3) is 3.26. The zero-order chi connectivity index (χ0) is 15.4. The lowest BCUT2D eigenvalue weighted by molar-refractivity contribution is -0.131. The lowest BCUT2D eigenvalue weighted by Gasteiger charge is -2.34. The zero-order valence-electron chi connectivity index (χ0n) is 12.5. The molecule has 0 saturated carbocycles. The molecule has 1 aliphatic heterocycles. The highest BCUT2D eigenvalue weighted by molar-refractivity contribution is 5.83. The fraction of sp³-hybridized carbons (Fsp3) is 0.333. The van der Waals surface area contributed by atoms with Gasteiger partial charge in [-0.25, -0.2) is 0 Å². The number of hydrogen-bond acceptors (Lipinski definition) is 3. The van der Waals surface area contributed by atoms with Gasteiger partial charge in [-0.2, -0.15) is 5.26 Å². The largest absolute Gasteiger partial charge is 0.339 e. The van der Waals surface area contributed by atoms with Crippen LogP contribution in [0, 0.1) is 11.3 Å². The summed E-state index contributed by atoms with van der Waals surface area (Å²) in [5.74, 6) is -0.0483. The Balaban J connectivity index is 1.60. The number of piperazine rings is 1. The quantitative estimate of drug-likeness (QED) is 0.873. The Hall–Kier alpha value is -2.38. The molecular weight excluding hydrogens is 274 g/mol. The molecule has 0 atom stereocenters. The van der Waals surface area contributed by atoms with E-state index in [-0.39, 0.29) is 12.3 Å². The fourth-order valence-corrected chi connectivity index (χ4v) is 2.93. The van der Waals surface area contributed by atoms with E-state index in [1.165, 1.54) is 16.3 Å². The smallest absolute Gasteiger partial charge is 0.236 e.